The van der Waals surface area contributed by atoms with Crippen LogP contribution in [-0.2, 0) is 9.36 Å². The molecule has 8 heteroatoms. The Morgan fingerprint density at radius 1 is 1.17 bits per heavy atom. The fraction of sp³-hybridized carbons (Fsp3) is 0.125. The number of hydrogen-bond donors (Lipinski definition) is 2. The van der Waals surface area contributed by atoms with Crippen LogP contribution in [0, 0.1) is 11.3 Å². The number of rotatable bonds is 7. The van der Waals surface area contributed by atoms with Crippen molar-refractivity contribution < 1.29 is 23.5 Å². The van der Waals surface area contributed by atoms with Gasteiger partial charge in [-0.05, 0) is 37.3 Å². The average molecular weight is 346 g/mol. The largest absolute Gasteiger partial charge is 0.513 e. The zero-order valence-electron chi connectivity index (χ0n) is 12.7. The van der Waals surface area contributed by atoms with Gasteiger partial charge >= 0.3 is 13.7 Å². The smallest absolute Gasteiger partial charge is 0.480 e. The van der Waals surface area contributed by atoms with Crippen molar-refractivity contribution in [3.05, 3.63) is 60.2 Å². The van der Waals surface area contributed by atoms with E-state index in [1.54, 1.807) is 42.5 Å². The summed E-state index contributed by atoms with van der Waals surface area (Å²) in [4.78, 5) is 11.0. The summed E-state index contributed by atoms with van der Waals surface area (Å²) < 4.78 is 23.7. The van der Waals surface area contributed by atoms with Gasteiger partial charge in [-0.2, -0.15) is 10.3 Å². The number of carbonyl (C=O) groups is 1. The molecule has 0 aliphatic carbocycles. The van der Waals surface area contributed by atoms with Crippen LogP contribution >= 0.6 is 7.75 Å². The van der Waals surface area contributed by atoms with Gasteiger partial charge in [0.2, 0.25) is 0 Å². The summed E-state index contributed by atoms with van der Waals surface area (Å²) in [5.74, 6) is -0.831. The predicted octanol–water partition coefficient (Wildman–Crippen LogP) is 3.19. The van der Waals surface area contributed by atoms with Gasteiger partial charge in [0.1, 0.15) is 17.5 Å². The summed E-state index contributed by atoms with van der Waals surface area (Å²) in [7, 11) is -4.04. The maximum absolute atomic E-state index is 13.0. The van der Waals surface area contributed by atoms with Crippen LogP contribution in [0.3, 0.4) is 0 Å². The molecule has 2 aromatic rings. The predicted molar refractivity (Wildman–Crippen MR) is 86.7 cm³/mol. The number of aliphatic carboxylic acids is 1. The van der Waals surface area contributed by atoms with Crippen LogP contribution in [0.25, 0.3) is 0 Å². The quantitative estimate of drug-likeness (QED) is 0.741. The molecule has 2 rings (SSSR count). The molecule has 0 heterocycles. The Kier molecular flexibility index (Phi) is 5.59. The number of nitrogens with zero attached hydrogens (tertiary/aromatic N) is 1. The van der Waals surface area contributed by atoms with E-state index in [9.17, 15) is 9.36 Å². The normalized spacial score (nSPS) is 14.0. The molecule has 0 aromatic heterocycles. The third-order valence-corrected chi connectivity index (χ3v) is 4.49. The fourth-order valence-electron chi connectivity index (χ4n) is 1.75. The molecule has 0 fully saturated rings. The molecule has 0 spiro atoms. The molecule has 2 atom stereocenters. The third-order valence-electron chi connectivity index (χ3n) is 2.88. The molecular formula is C16H15N2O5P. The molecule has 0 saturated heterocycles. The first-order chi connectivity index (χ1) is 11.4. The van der Waals surface area contributed by atoms with Gasteiger partial charge in [0.05, 0.1) is 11.6 Å². The maximum atomic E-state index is 13.0. The number of benzene rings is 2. The molecule has 7 nitrogen and oxygen atoms in total. The van der Waals surface area contributed by atoms with E-state index in [0.717, 1.165) is 0 Å². The summed E-state index contributed by atoms with van der Waals surface area (Å²) in [6.45, 7) is 1.32. The summed E-state index contributed by atoms with van der Waals surface area (Å²) in [5.41, 5.74) is 0.310. The molecule has 0 aliphatic rings. The lowest BCUT2D eigenvalue weighted by molar-refractivity contribution is -0.138. The second kappa shape index (κ2) is 7.64. The SMILES string of the molecule is C[C@H](NP(=O)(Oc1ccccc1)Oc1cccc(C#N)c1)C(=O)O. The molecular weight excluding hydrogens is 331 g/mol. The molecule has 0 aliphatic heterocycles. The van der Waals surface area contributed by atoms with Gasteiger partial charge in [0, 0.05) is 0 Å². The summed E-state index contributed by atoms with van der Waals surface area (Å²) >= 11 is 0. The highest BCUT2D eigenvalue weighted by atomic mass is 31.2. The first-order valence-corrected chi connectivity index (χ1v) is 8.51. The summed E-state index contributed by atoms with van der Waals surface area (Å²) in [5, 5.41) is 20.3. The van der Waals surface area contributed by atoms with E-state index in [4.69, 9.17) is 19.4 Å². The van der Waals surface area contributed by atoms with Crippen LogP contribution in [0.5, 0.6) is 11.5 Å². The molecule has 0 amide bonds. The van der Waals surface area contributed by atoms with Gasteiger partial charge in [0.25, 0.3) is 0 Å². The topological polar surface area (TPSA) is 109 Å². The van der Waals surface area contributed by atoms with E-state index in [1.807, 2.05) is 6.07 Å². The molecule has 24 heavy (non-hydrogen) atoms. The third kappa shape index (κ3) is 4.85. The Morgan fingerprint density at radius 2 is 1.79 bits per heavy atom. The number of hydrogen-bond acceptors (Lipinski definition) is 5. The van der Waals surface area contributed by atoms with E-state index >= 15 is 0 Å². The first kappa shape index (κ1) is 17.5. The van der Waals surface area contributed by atoms with Crippen LogP contribution in [0.2, 0.25) is 0 Å². The Balaban J connectivity index is 2.29. The molecule has 1 unspecified atom stereocenters. The van der Waals surface area contributed by atoms with Crippen molar-refractivity contribution in [1.29, 1.82) is 5.26 Å². The van der Waals surface area contributed by atoms with E-state index in [0.29, 0.717) is 5.56 Å². The lowest BCUT2D eigenvalue weighted by Gasteiger charge is -2.22. The highest BCUT2D eigenvalue weighted by molar-refractivity contribution is 7.52. The highest BCUT2D eigenvalue weighted by Gasteiger charge is 2.33. The van der Waals surface area contributed by atoms with Crippen LogP contribution in [0.15, 0.2) is 54.6 Å². The van der Waals surface area contributed by atoms with Gasteiger partial charge in [-0.3, -0.25) is 4.79 Å². The van der Waals surface area contributed by atoms with E-state index in [-0.39, 0.29) is 11.5 Å². The zero-order valence-corrected chi connectivity index (χ0v) is 13.6. The molecule has 0 saturated carbocycles. The van der Waals surface area contributed by atoms with Gasteiger partial charge in [-0.15, -0.1) is 0 Å². The van der Waals surface area contributed by atoms with Gasteiger partial charge in [0.15, 0.2) is 0 Å². The van der Waals surface area contributed by atoms with Crippen molar-refractivity contribution in [2.45, 2.75) is 13.0 Å². The number of carboxylic acid groups (broad SMARTS) is 1. The number of carboxylic acids is 1. The number of para-hydroxylation sites is 1. The van der Waals surface area contributed by atoms with Crippen molar-refractivity contribution in [2.75, 3.05) is 0 Å². The van der Waals surface area contributed by atoms with Crippen LogP contribution in [-0.4, -0.2) is 17.1 Å². The number of nitrogens with one attached hydrogen (secondary N) is 1. The monoisotopic (exact) mass is 346 g/mol. The summed E-state index contributed by atoms with van der Waals surface area (Å²) in [6.07, 6.45) is 0. The van der Waals surface area contributed by atoms with Crippen LogP contribution < -0.4 is 14.1 Å². The number of nitriles is 1. The Hall–Kier alpha value is -2.81. The Morgan fingerprint density at radius 3 is 2.42 bits per heavy atom. The maximum Gasteiger partial charge on any atom is 0.513 e. The average Bonchev–Trinajstić information content (AvgIpc) is 2.55. The van der Waals surface area contributed by atoms with Crippen molar-refractivity contribution in [3.63, 3.8) is 0 Å². The standard InChI is InChI=1S/C16H15N2O5P/c1-12(16(19)20)18-24(21,22-14-7-3-2-4-8-14)23-15-9-5-6-13(10-15)11-17/h2-10,12H,1H3,(H,18,21)(H,19,20)/t12-,24?/m0/s1. The van der Waals surface area contributed by atoms with Gasteiger partial charge < -0.3 is 14.2 Å². The Bertz CT molecular complexity index is 804. The molecule has 124 valence electrons. The zero-order chi connectivity index (χ0) is 17.6. The minimum atomic E-state index is -4.04. The molecule has 2 N–H and O–H groups in total. The molecule has 2 aromatic carbocycles. The van der Waals surface area contributed by atoms with Crippen LogP contribution in [0.1, 0.15) is 12.5 Å². The molecule has 0 radical (unpaired) electrons. The van der Waals surface area contributed by atoms with Gasteiger partial charge in [-0.1, -0.05) is 24.3 Å². The fourth-order valence-corrected chi connectivity index (χ4v) is 3.26. The van der Waals surface area contributed by atoms with Crippen molar-refractivity contribution >= 4 is 13.7 Å². The highest BCUT2D eigenvalue weighted by Crippen LogP contribution is 2.45. The Labute approximate surface area is 139 Å². The summed E-state index contributed by atoms with van der Waals surface area (Å²) in [6, 6.07) is 15.0. The minimum absolute atomic E-state index is 0.124. The van der Waals surface area contributed by atoms with E-state index in [2.05, 4.69) is 5.09 Å². The second-order valence-corrected chi connectivity index (χ2v) is 6.44. The van der Waals surface area contributed by atoms with Gasteiger partial charge in [-0.25, -0.2) is 4.57 Å². The van der Waals surface area contributed by atoms with Crippen LogP contribution in [0.4, 0.5) is 0 Å². The molecule has 0 bridgehead atoms. The van der Waals surface area contributed by atoms with E-state index < -0.39 is 19.8 Å². The first-order valence-electron chi connectivity index (χ1n) is 6.97. The van der Waals surface area contributed by atoms with Crippen molar-refractivity contribution in [1.82, 2.24) is 5.09 Å². The second-order valence-electron chi connectivity index (χ2n) is 4.82. The minimum Gasteiger partial charge on any atom is -0.480 e. The van der Waals surface area contributed by atoms with Crippen molar-refractivity contribution in [3.8, 4) is 17.6 Å². The van der Waals surface area contributed by atoms with Crippen molar-refractivity contribution in [2.24, 2.45) is 0 Å². The van der Waals surface area contributed by atoms with E-state index in [1.165, 1.54) is 19.1 Å². The lowest BCUT2D eigenvalue weighted by Crippen LogP contribution is -2.34. The lowest BCUT2D eigenvalue weighted by atomic mass is 10.2.